The number of hydrogen-bond donors (Lipinski definition) is 0. The second kappa shape index (κ2) is 8.62. The van der Waals surface area contributed by atoms with E-state index in [2.05, 4.69) is 78.7 Å². The van der Waals surface area contributed by atoms with Crippen LogP contribution >= 0.6 is 45.8 Å². The smallest absolute Gasteiger partial charge is 0.192 e. The minimum atomic E-state index is 0.751. The highest BCUT2D eigenvalue weighted by atomic mass is 32.2. The summed E-state index contributed by atoms with van der Waals surface area (Å²) in [6.45, 7) is 0.751. The van der Waals surface area contributed by atoms with Gasteiger partial charge in [-0.15, -0.1) is 32.9 Å². The highest BCUT2D eigenvalue weighted by Crippen LogP contribution is 2.31. The first kappa shape index (κ1) is 18.7. The van der Waals surface area contributed by atoms with Crippen LogP contribution in [0.4, 0.5) is 0 Å². The van der Waals surface area contributed by atoms with Gasteiger partial charge >= 0.3 is 0 Å². The standard InChI is InChI=1S/C21H16N4S4/c1-2-5-15(6-3-1)11-25-19(18-7-4-9-27-18)23-24-21(25)29-14-17-13-28-20(22-17)16-8-10-26-12-16/h1-10,12-13H,11,14H2. The fraction of sp³-hybridized carbons (Fsp3) is 0.0952. The molecule has 144 valence electrons. The van der Waals surface area contributed by atoms with Crippen molar-refractivity contribution < 1.29 is 0 Å². The van der Waals surface area contributed by atoms with Crippen LogP contribution in [0, 0.1) is 0 Å². The molecule has 0 N–H and O–H groups in total. The number of rotatable bonds is 7. The minimum Gasteiger partial charge on any atom is -0.297 e. The van der Waals surface area contributed by atoms with E-state index in [0.717, 1.165) is 38.9 Å². The van der Waals surface area contributed by atoms with E-state index in [0.29, 0.717) is 0 Å². The van der Waals surface area contributed by atoms with Crippen molar-refractivity contribution in [1.82, 2.24) is 19.7 Å². The van der Waals surface area contributed by atoms with E-state index < -0.39 is 0 Å². The molecule has 4 nitrogen and oxygen atoms in total. The summed E-state index contributed by atoms with van der Waals surface area (Å²) < 4.78 is 2.21. The van der Waals surface area contributed by atoms with Crippen LogP contribution < -0.4 is 0 Å². The Bertz CT molecular complexity index is 1170. The number of aromatic nitrogens is 4. The third-order valence-electron chi connectivity index (χ3n) is 4.31. The molecule has 0 spiro atoms. The number of thioether (sulfide) groups is 1. The molecule has 0 aliphatic rings. The number of nitrogens with zero attached hydrogens (tertiary/aromatic N) is 4. The van der Waals surface area contributed by atoms with Crippen molar-refractivity contribution >= 4 is 45.8 Å². The van der Waals surface area contributed by atoms with Crippen molar-refractivity contribution in [2.24, 2.45) is 0 Å². The Morgan fingerprint density at radius 2 is 1.83 bits per heavy atom. The molecular weight excluding hydrogens is 437 g/mol. The molecule has 0 unspecified atom stereocenters. The zero-order valence-corrected chi connectivity index (χ0v) is 18.5. The molecule has 0 saturated heterocycles. The van der Waals surface area contributed by atoms with Gasteiger partial charge in [0.2, 0.25) is 0 Å². The molecule has 0 atom stereocenters. The Morgan fingerprint density at radius 1 is 0.897 bits per heavy atom. The molecule has 0 amide bonds. The van der Waals surface area contributed by atoms with Gasteiger partial charge in [0.1, 0.15) is 5.01 Å². The van der Waals surface area contributed by atoms with Crippen LogP contribution in [0.15, 0.2) is 75.2 Å². The average Bonchev–Trinajstić information content (AvgIpc) is 3.54. The second-order valence-corrected chi connectivity index (χ2v) is 9.83. The van der Waals surface area contributed by atoms with Crippen molar-refractivity contribution in [3.63, 3.8) is 0 Å². The van der Waals surface area contributed by atoms with Gasteiger partial charge in [0.15, 0.2) is 11.0 Å². The normalized spacial score (nSPS) is 11.2. The largest absolute Gasteiger partial charge is 0.297 e. The quantitative estimate of drug-likeness (QED) is 0.263. The van der Waals surface area contributed by atoms with E-state index in [-0.39, 0.29) is 0 Å². The van der Waals surface area contributed by atoms with Crippen LogP contribution in [0.3, 0.4) is 0 Å². The maximum absolute atomic E-state index is 4.79. The summed E-state index contributed by atoms with van der Waals surface area (Å²) in [6, 6.07) is 16.7. The number of hydrogen-bond acceptors (Lipinski definition) is 7. The van der Waals surface area contributed by atoms with E-state index in [1.165, 1.54) is 11.1 Å². The lowest BCUT2D eigenvalue weighted by Crippen LogP contribution is -2.03. The molecule has 29 heavy (non-hydrogen) atoms. The molecule has 0 bridgehead atoms. The summed E-state index contributed by atoms with van der Waals surface area (Å²) >= 11 is 6.77. The Morgan fingerprint density at radius 3 is 2.62 bits per heavy atom. The maximum Gasteiger partial charge on any atom is 0.192 e. The highest BCUT2D eigenvalue weighted by molar-refractivity contribution is 7.98. The summed E-state index contributed by atoms with van der Waals surface area (Å²) in [6.07, 6.45) is 0. The summed E-state index contributed by atoms with van der Waals surface area (Å²) in [5.41, 5.74) is 3.51. The third-order valence-corrected chi connectivity index (χ3v) is 7.80. The molecule has 0 aliphatic carbocycles. The van der Waals surface area contributed by atoms with Crippen LogP contribution in [0.1, 0.15) is 11.3 Å². The van der Waals surface area contributed by atoms with Crippen LogP contribution in [0.2, 0.25) is 0 Å². The van der Waals surface area contributed by atoms with Crippen LogP contribution in [-0.4, -0.2) is 19.7 Å². The first-order valence-corrected chi connectivity index (χ1v) is 12.7. The van der Waals surface area contributed by atoms with Gasteiger partial charge in [-0.1, -0.05) is 48.2 Å². The summed E-state index contributed by atoms with van der Waals surface area (Å²) in [4.78, 5) is 5.92. The van der Waals surface area contributed by atoms with Crippen molar-refractivity contribution in [3.8, 4) is 21.3 Å². The predicted octanol–water partition coefficient (Wildman–Crippen LogP) is 6.53. The predicted molar refractivity (Wildman–Crippen MR) is 124 cm³/mol. The maximum atomic E-state index is 4.79. The average molecular weight is 453 g/mol. The van der Waals surface area contributed by atoms with Gasteiger partial charge in [-0.3, -0.25) is 4.57 Å². The molecule has 0 fully saturated rings. The van der Waals surface area contributed by atoms with E-state index in [1.807, 2.05) is 6.07 Å². The second-order valence-electron chi connectivity index (χ2n) is 6.30. The van der Waals surface area contributed by atoms with E-state index in [9.17, 15) is 0 Å². The highest BCUT2D eigenvalue weighted by Gasteiger charge is 2.16. The molecule has 1 aromatic carbocycles. The van der Waals surface area contributed by atoms with Crippen molar-refractivity contribution in [2.75, 3.05) is 0 Å². The summed E-state index contributed by atoms with van der Waals surface area (Å²) in [5.74, 6) is 1.70. The Balaban J connectivity index is 1.39. The molecular formula is C21H16N4S4. The lowest BCUT2D eigenvalue weighted by Gasteiger charge is -2.09. The third kappa shape index (κ3) is 4.20. The number of benzene rings is 1. The van der Waals surface area contributed by atoms with Crippen molar-refractivity contribution in [2.45, 2.75) is 17.5 Å². The van der Waals surface area contributed by atoms with E-state index in [4.69, 9.17) is 4.98 Å². The first-order valence-electron chi connectivity index (χ1n) is 8.97. The molecule has 0 radical (unpaired) electrons. The SMILES string of the molecule is c1ccc(Cn2c(SCc3csc(-c4ccsc4)n3)nnc2-c2cccs2)cc1. The number of thiazole rings is 1. The Hall–Kier alpha value is -2.26. The Labute approximate surface area is 184 Å². The molecule has 5 rings (SSSR count). The molecule has 5 aromatic rings. The molecule has 0 saturated carbocycles. The lowest BCUT2D eigenvalue weighted by molar-refractivity contribution is 0.715. The zero-order valence-electron chi connectivity index (χ0n) is 15.3. The molecule has 4 aromatic heterocycles. The monoisotopic (exact) mass is 452 g/mol. The van der Waals surface area contributed by atoms with Gasteiger partial charge < -0.3 is 0 Å². The van der Waals surface area contributed by atoms with Crippen molar-refractivity contribution in [1.29, 1.82) is 0 Å². The summed E-state index contributed by atoms with van der Waals surface area (Å²) in [7, 11) is 0. The lowest BCUT2D eigenvalue weighted by atomic mass is 10.2. The molecule has 0 aliphatic heterocycles. The van der Waals surface area contributed by atoms with Gasteiger partial charge in [-0.2, -0.15) is 11.3 Å². The van der Waals surface area contributed by atoms with Crippen LogP contribution in [0.5, 0.6) is 0 Å². The fourth-order valence-corrected chi connectivity index (χ4v) is 6.11. The Kier molecular flexibility index (Phi) is 5.58. The summed E-state index contributed by atoms with van der Waals surface area (Å²) in [5, 5.41) is 19.4. The van der Waals surface area contributed by atoms with Crippen LogP contribution in [0.25, 0.3) is 21.3 Å². The zero-order chi connectivity index (χ0) is 19.5. The molecule has 8 heteroatoms. The molecule has 4 heterocycles. The van der Waals surface area contributed by atoms with E-state index in [1.54, 1.807) is 45.8 Å². The van der Waals surface area contributed by atoms with Crippen molar-refractivity contribution in [3.05, 3.63) is 81.3 Å². The van der Waals surface area contributed by atoms with E-state index >= 15 is 0 Å². The number of thiophene rings is 2. The van der Waals surface area contributed by atoms with Gasteiger partial charge in [0.05, 0.1) is 17.1 Å². The fourth-order valence-electron chi connectivity index (χ4n) is 2.92. The topological polar surface area (TPSA) is 43.6 Å². The van der Waals surface area contributed by atoms with Gasteiger partial charge in [0.25, 0.3) is 0 Å². The minimum absolute atomic E-state index is 0.751. The van der Waals surface area contributed by atoms with Gasteiger partial charge in [-0.05, 0) is 28.5 Å². The van der Waals surface area contributed by atoms with Gasteiger partial charge in [-0.25, -0.2) is 4.98 Å². The van der Waals surface area contributed by atoms with Crippen LogP contribution in [-0.2, 0) is 12.3 Å². The van der Waals surface area contributed by atoms with Gasteiger partial charge in [0, 0.05) is 22.1 Å². The first-order chi connectivity index (χ1) is 14.4.